The third kappa shape index (κ3) is 3.76. The van der Waals surface area contributed by atoms with Crippen molar-refractivity contribution in [2.45, 2.75) is 32.9 Å². The molecule has 1 aromatic heterocycles. The van der Waals surface area contributed by atoms with E-state index in [2.05, 4.69) is 24.3 Å². The van der Waals surface area contributed by atoms with Crippen molar-refractivity contribution in [1.82, 2.24) is 15.1 Å². The number of rotatable bonds is 5. The molecule has 1 N–H and O–H groups in total. The van der Waals surface area contributed by atoms with Crippen LogP contribution in [-0.4, -0.2) is 15.8 Å². The van der Waals surface area contributed by atoms with E-state index in [0.29, 0.717) is 23.8 Å². The zero-order chi connectivity index (χ0) is 15.4. The maximum Gasteiger partial charge on any atom is 0.271 e. The molecule has 1 unspecified atom stereocenters. The van der Waals surface area contributed by atoms with Crippen molar-refractivity contribution in [3.05, 3.63) is 52.1 Å². The Morgan fingerprint density at radius 2 is 2.00 bits per heavy atom. The predicted octanol–water partition coefficient (Wildman–Crippen LogP) is 2.47. The van der Waals surface area contributed by atoms with Crippen LogP contribution in [0.4, 0.5) is 4.39 Å². The van der Waals surface area contributed by atoms with Crippen LogP contribution >= 0.6 is 0 Å². The molecule has 0 amide bonds. The molecule has 1 heterocycles. The second-order valence-corrected chi connectivity index (χ2v) is 5.18. The van der Waals surface area contributed by atoms with Crippen molar-refractivity contribution in [2.24, 2.45) is 7.05 Å². The molecule has 0 aliphatic carbocycles. The molecule has 1 atom stereocenters. The summed E-state index contributed by atoms with van der Waals surface area (Å²) in [4.78, 5) is 12.1. The Balaban J connectivity index is 2.34. The summed E-state index contributed by atoms with van der Waals surface area (Å²) >= 11 is 0. The molecule has 0 fully saturated rings. The van der Waals surface area contributed by atoms with Crippen LogP contribution in [0.1, 0.15) is 25.8 Å². The third-order valence-corrected chi connectivity index (χ3v) is 3.53. The van der Waals surface area contributed by atoms with E-state index in [1.54, 1.807) is 25.2 Å². The summed E-state index contributed by atoms with van der Waals surface area (Å²) in [5.41, 5.74) is 2.00. The number of benzene rings is 1. The van der Waals surface area contributed by atoms with Gasteiger partial charge in [0.2, 0.25) is 0 Å². The molecule has 1 aromatic carbocycles. The van der Waals surface area contributed by atoms with Crippen molar-refractivity contribution in [3.8, 4) is 11.3 Å². The molecule has 0 spiro atoms. The van der Waals surface area contributed by atoms with Crippen LogP contribution in [0.25, 0.3) is 11.3 Å². The van der Waals surface area contributed by atoms with E-state index >= 15 is 0 Å². The zero-order valence-electron chi connectivity index (χ0n) is 12.6. The van der Waals surface area contributed by atoms with Gasteiger partial charge in [0.25, 0.3) is 5.56 Å². The van der Waals surface area contributed by atoms with Crippen molar-refractivity contribution in [3.63, 3.8) is 0 Å². The molecule has 0 radical (unpaired) electrons. The van der Waals surface area contributed by atoms with Crippen LogP contribution in [0.5, 0.6) is 0 Å². The Morgan fingerprint density at radius 3 is 2.62 bits per heavy atom. The third-order valence-electron chi connectivity index (χ3n) is 3.53. The van der Waals surface area contributed by atoms with Gasteiger partial charge in [-0.25, -0.2) is 9.07 Å². The maximum atomic E-state index is 13.0. The summed E-state index contributed by atoms with van der Waals surface area (Å²) < 4.78 is 14.3. The molecule has 4 nitrogen and oxygen atoms in total. The summed E-state index contributed by atoms with van der Waals surface area (Å²) in [6.45, 7) is 4.66. The molecule has 0 aliphatic rings. The van der Waals surface area contributed by atoms with Gasteiger partial charge in [0.1, 0.15) is 5.82 Å². The molecule has 2 aromatic rings. The summed E-state index contributed by atoms with van der Waals surface area (Å²) in [6, 6.07) is 8.21. The Morgan fingerprint density at radius 1 is 1.33 bits per heavy atom. The van der Waals surface area contributed by atoms with Crippen molar-refractivity contribution in [2.75, 3.05) is 0 Å². The highest BCUT2D eigenvalue weighted by molar-refractivity contribution is 5.58. The lowest BCUT2D eigenvalue weighted by atomic mass is 10.1. The van der Waals surface area contributed by atoms with E-state index < -0.39 is 0 Å². The molecule has 2 rings (SSSR count). The minimum atomic E-state index is -0.290. The highest BCUT2D eigenvalue weighted by atomic mass is 19.1. The number of aromatic nitrogens is 2. The number of hydrogen-bond donors (Lipinski definition) is 1. The first kappa shape index (κ1) is 15.4. The van der Waals surface area contributed by atoms with Crippen molar-refractivity contribution < 1.29 is 4.39 Å². The molecular formula is C16H20FN3O. The first-order chi connectivity index (χ1) is 10.0. The lowest BCUT2D eigenvalue weighted by Crippen LogP contribution is -2.31. The Kier molecular flexibility index (Phi) is 4.85. The molecule has 112 valence electrons. The van der Waals surface area contributed by atoms with Crippen LogP contribution < -0.4 is 10.9 Å². The zero-order valence-corrected chi connectivity index (χ0v) is 12.6. The second-order valence-electron chi connectivity index (χ2n) is 5.18. The average Bonchev–Trinajstić information content (AvgIpc) is 2.49. The van der Waals surface area contributed by atoms with Crippen molar-refractivity contribution in [1.29, 1.82) is 0 Å². The largest absolute Gasteiger partial charge is 0.310 e. The van der Waals surface area contributed by atoms with Crippen LogP contribution in [0.3, 0.4) is 0 Å². The Labute approximate surface area is 123 Å². The van der Waals surface area contributed by atoms with Gasteiger partial charge in [-0.05, 0) is 43.7 Å². The molecule has 0 saturated carbocycles. The highest BCUT2D eigenvalue weighted by Gasteiger charge is 2.09. The topological polar surface area (TPSA) is 46.9 Å². The van der Waals surface area contributed by atoms with Crippen molar-refractivity contribution >= 4 is 0 Å². The van der Waals surface area contributed by atoms with Crippen LogP contribution in [0.15, 0.2) is 35.1 Å². The van der Waals surface area contributed by atoms with Gasteiger partial charge in [-0.15, -0.1) is 0 Å². The monoisotopic (exact) mass is 289 g/mol. The number of nitrogens with zero attached hydrogens (tertiary/aromatic N) is 2. The second kappa shape index (κ2) is 6.63. The van der Waals surface area contributed by atoms with Crippen LogP contribution in [0, 0.1) is 5.82 Å². The Bertz CT molecular complexity index is 664. The number of halogens is 1. The molecule has 0 bridgehead atoms. The van der Waals surface area contributed by atoms with Gasteiger partial charge in [-0.3, -0.25) is 4.79 Å². The smallest absolute Gasteiger partial charge is 0.271 e. The van der Waals surface area contributed by atoms with Gasteiger partial charge >= 0.3 is 0 Å². The van der Waals surface area contributed by atoms with Crippen LogP contribution in [0.2, 0.25) is 0 Å². The molecule has 21 heavy (non-hydrogen) atoms. The fraction of sp³-hybridized carbons (Fsp3) is 0.375. The molecule has 0 aliphatic heterocycles. The fourth-order valence-corrected chi connectivity index (χ4v) is 1.99. The van der Waals surface area contributed by atoms with Gasteiger partial charge in [0.05, 0.1) is 5.69 Å². The molecule has 5 heteroatoms. The van der Waals surface area contributed by atoms with Gasteiger partial charge in [0, 0.05) is 30.8 Å². The maximum absolute atomic E-state index is 13.0. The normalized spacial score (nSPS) is 12.4. The summed E-state index contributed by atoms with van der Waals surface area (Å²) in [5, 5.41) is 7.54. The van der Waals surface area contributed by atoms with E-state index in [-0.39, 0.29) is 11.4 Å². The average molecular weight is 289 g/mol. The van der Waals surface area contributed by atoms with E-state index in [1.807, 2.05) is 0 Å². The fourth-order valence-electron chi connectivity index (χ4n) is 1.99. The van der Waals surface area contributed by atoms with Gasteiger partial charge in [-0.2, -0.15) is 5.10 Å². The van der Waals surface area contributed by atoms with Gasteiger partial charge < -0.3 is 5.32 Å². The number of aryl methyl sites for hydroxylation is 1. The minimum absolute atomic E-state index is 0.114. The minimum Gasteiger partial charge on any atom is -0.310 e. The van der Waals surface area contributed by atoms with Gasteiger partial charge in [-0.1, -0.05) is 6.92 Å². The summed E-state index contributed by atoms with van der Waals surface area (Å²) in [6.07, 6.45) is 0.996. The van der Waals surface area contributed by atoms with E-state index in [4.69, 9.17) is 0 Å². The number of hydrogen-bond acceptors (Lipinski definition) is 3. The predicted molar refractivity (Wildman–Crippen MR) is 81.5 cm³/mol. The first-order valence-electron chi connectivity index (χ1n) is 7.07. The summed E-state index contributed by atoms with van der Waals surface area (Å²) in [5.74, 6) is -0.290. The lowest BCUT2D eigenvalue weighted by Gasteiger charge is -2.12. The Hall–Kier alpha value is -2.01. The summed E-state index contributed by atoms with van der Waals surface area (Å²) in [7, 11) is 1.63. The highest BCUT2D eigenvalue weighted by Crippen LogP contribution is 2.16. The standard InChI is InChI=1S/C16H20FN3O/c1-4-11(2)18-10-13-9-15(19-20(3)16(13)21)12-5-7-14(17)8-6-12/h5-9,11,18H,4,10H2,1-3H3. The molecular weight excluding hydrogens is 269 g/mol. The SMILES string of the molecule is CCC(C)NCc1cc(-c2ccc(F)cc2)nn(C)c1=O. The number of nitrogens with one attached hydrogen (secondary N) is 1. The first-order valence-corrected chi connectivity index (χ1v) is 7.07. The lowest BCUT2D eigenvalue weighted by molar-refractivity contribution is 0.528. The van der Waals surface area contributed by atoms with E-state index in [1.165, 1.54) is 16.8 Å². The van der Waals surface area contributed by atoms with Crippen LogP contribution in [-0.2, 0) is 13.6 Å². The van der Waals surface area contributed by atoms with E-state index in [0.717, 1.165) is 12.0 Å². The molecule has 0 saturated heterocycles. The van der Waals surface area contributed by atoms with Gasteiger partial charge in [0.15, 0.2) is 0 Å². The van der Waals surface area contributed by atoms with E-state index in [9.17, 15) is 9.18 Å². The quantitative estimate of drug-likeness (QED) is 0.920.